The molecule has 0 radical (unpaired) electrons. The number of hydrogen-bond donors (Lipinski definition) is 0. The van der Waals surface area contributed by atoms with Crippen LogP contribution in [0.1, 0.15) is 120 Å². The smallest absolute Gasteiger partial charge is 0.119 e. The molecule has 1 heteroatoms. The molecule has 2 aromatic rings. The highest BCUT2D eigenvalue weighted by molar-refractivity contribution is 5.38. The number of unbranched alkanes of at least 4 members (excludes halogenated alkanes) is 7. The number of ether oxygens (including phenoxy) is 1. The highest BCUT2D eigenvalue weighted by Gasteiger charge is 2.21. The Hall–Kier alpha value is -2.20. The van der Waals surface area contributed by atoms with Crippen LogP contribution in [0, 0.1) is 17.8 Å². The van der Waals surface area contributed by atoms with Crippen molar-refractivity contribution in [3.05, 3.63) is 65.2 Å². The molecule has 0 saturated heterocycles. The molecule has 0 amide bonds. The van der Waals surface area contributed by atoms with Gasteiger partial charge in [0, 0.05) is 11.5 Å². The van der Waals surface area contributed by atoms with Crippen molar-refractivity contribution in [1.82, 2.24) is 0 Å². The van der Waals surface area contributed by atoms with Gasteiger partial charge in [0.05, 0.1) is 6.61 Å². The van der Waals surface area contributed by atoms with Gasteiger partial charge in [-0.15, -0.1) is 0 Å². The predicted molar refractivity (Wildman–Crippen MR) is 147 cm³/mol. The van der Waals surface area contributed by atoms with E-state index in [0.29, 0.717) is 11.8 Å². The van der Waals surface area contributed by atoms with E-state index in [1.54, 1.807) is 0 Å². The fourth-order valence-electron chi connectivity index (χ4n) is 5.00. The van der Waals surface area contributed by atoms with Gasteiger partial charge in [0.15, 0.2) is 0 Å². The SMILES string of the molecule is CCCCCCCc1ccc(C2CCC(C#Cc3ccc(OCCCCCC)cc3)CC2)cc1. The summed E-state index contributed by atoms with van der Waals surface area (Å²) in [5.41, 5.74) is 4.14. The van der Waals surface area contributed by atoms with Crippen molar-refractivity contribution in [2.24, 2.45) is 5.92 Å². The van der Waals surface area contributed by atoms with Crippen LogP contribution < -0.4 is 4.74 Å². The van der Waals surface area contributed by atoms with Gasteiger partial charge in [0.2, 0.25) is 0 Å². The zero-order chi connectivity index (χ0) is 23.8. The Kier molecular flexibility index (Phi) is 12.2. The summed E-state index contributed by atoms with van der Waals surface area (Å²) in [7, 11) is 0. The van der Waals surface area contributed by atoms with Gasteiger partial charge in [0.25, 0.3) is 0 Å². The zero-order valence-electron chi connectivity index (χ0n) is 21.8. The average molecular weight is 459 g/mol. The predicted octanol–water partition coefficient (Wildman–Crippen LogP) is 9.48. The summed E-state index contributed by atoms with van der Waals surface area (Å²) in [5.74, 6) is 9.18. The van der Waals surface area contributed by atoms with Crippen LogP contribution in [-0.2, 0) is 6.42 Å². The van der Waals surface area contributed by atoms with Crippen LogP contribution in [0.4, 0.5) is 0 Å². The van der Waals surface area contributed by atoms with E-state index in [1.165, 1.54) is 94.6 Å². The zero-order valence-corrected chi connectivity index (χ0v) is 21.8. The van der Waals surface area contributed by atoms with Crippen molar-refractivity contribution in [3.63, 3.8) is 0 Å². The summed E-state index contributed by atoms with van der Waals surface area (Å²) in [6, 6.07) is 17.9. The fourth-order valence-corrected chi connectivity index (χ4v) is 5.00. The second kappa shape index (κ2) is 15.7. The minimum absolute atomic E-state index is 0.535. The first-order valence-corrected chi connectivity index (χ1v) is 14.1. The standard InChI is InChI=1S/C33H46O/c1-3-5-7-9-10-12-28-15-21-31(22-16-28)32-23-17-29(18-24-32)13-14-30-19-25-33(26-20-30)34-27-11-8-6-4-2/h15-16,19-22,25-26,29,32H,3-12,17-18,23-24,27H2,1-2H3. The van der Waals surface area contributed by atoms with Gasteiger partial charge in [-0.25, -0.2) is 0 Å². The topological polar surface area (TPSA) is 9.23 Å². The summed E-state index contributed by atoms with van der Waals surface area (Å²) in [5, 5.41) is 0. The number of rotatable bonds is 13. The Bertz CT molecular complexity index is 844. The monoisotopic (exact) mass is 458 g/mol. The lowest BCUT2D eigenvalue weighted by Crippen LogP contribution is -2.12. The molecule has 0 spiro atoms. The fraction of sp³-hybridized carbons (Fsp3) is 0.576. The van der Waals surface area contributed by atoms with Crippen molar-refractivity contribution in [1.29, 1.82) is 0 Å². The minimum Gasteiger partial charge on any atom is -0.494 e. The van der Waals surface area contributed by atoms with Crippen LogP contribution in [0.15, 0.2) is 48.5 Å². The van der Waals surface area contributed by atoms with E-state index in [2.05, 4.69) is 74.2 Å². The third-order valence-electron chi connectivity index (χ3n) is 7.29. The molecule has 3 rings (SSSR count). The van der Waals surface area contributed by atoms with Gasteiger partial charge in [-0.05, 0) is 86.3 Å². The summed E-state index contributed by atoms with van der Waals surface area (Å²) in [6.45, 7) is 5.33. The van der Waals surface area contributed by atoms with Crippen molar-refractivity contribution in [2.45, 2.75) is 110 Å². The Morgan fingerprint density at radius 3 is 2.03 bits per heavy atom. The molecular formula is C33H46O. The maximum atomic E-state index is 5.85. The molecule has 1 fully saturated rings. The Morgan fingerprint density at radius 1 is 0.706 bits per heavy atom. The van der Waals surface area contributed by atoms with Crippen LogP contribution in [-0.4, -0.2) is 6.61 Å². The first kappa shape index (κ1) is 26.4. The molecule has 0 bridgehead atoms. The van der Waals surface area contributed by atoms with Crippen LogP contribution >= 0.6 is 0 Å². The van der Waals surface area contributed by atoms with Gasteiger partial charge in [-0.2, -0.15) is 0 Å². The summed E-state index contributed by atoms with van der Waals surface area (Å²) < 4.78 is 5.85. The minimum atomic E-state index is 0.535. The second-order valence-corrected chi connectivity index (χ2v) is 10.2. The van der Waals surface area contributed by atoms with E-state index in [9.17, 15) is 0 Å². The molecule has 0 atom stereocenters. The number of hydrogen-bond acceptors (Lipinski definition) is 1. The van der Waals surface area contributed by atoms with Crippen LogP contribution in [0.2, 0.25) is 0 Å². The normalized spacial score (nSPS) is 17.7. The van der Waals surface area contributed by atoms with Crippen molar-refractivity contribution in [2.75, 3.05) is 6.61 Å². The first-order chi connectivity index (χ1) is 16.8. The molecule has 1 nitrogen and oxygen atoms in total. The van der Waals surface area contributed by atoms with E-state index in [1.807, 2.05) is 0 Å². The summed E-state index contributed by atoms with van der Waals surface area (Å²) >= 11 is 0. The highest BCUT2D eigenvalue weighted by Crippen LogP contribution is 2.35. The molecule has 0 unspecified atom stereocenters. The first-order valence-electron chi connectivity index (χ1n) is 14.1. The van der Waals surface area contributed by atoms with Gasteiger partial charge in [0.1, 0.15) is 5.75 Å². The second-order valence-electron chi connectivity index (χ2n) is 10.2. The number of aryl methyl sites for hydroxylation is 1. The van der Waals surface area contributed by atoms with E-state index < -0.39 is 0 Å². The lowest BCUT2D eigenvalue weighted by Gasteiger charge is -2.26. The van der Waals surface area contributed by atoms with Gasteiger partial charge >= 0.3 is 0 Å². The molecular weight excluding hydrogens is 412 g/mol. The van der Waals surface area contributed by atoms with E-state index >= 15 is 0 Å². The highest BCUT2D eigenvalue weighted by atomic mass is 16.5. The van der Waals surface area contributed by atoms with E-state index in [-0.39, 0.29) is 0 Å². The van der Waals surface area contributed by atoms with Crippen LogP contribution in [0.5, 0.6) is 5.75 Å². The van der Waals surface area contributed by atoms with Gasteiger partial charge in [-0.1, -0.05) is 94.9 Å². The molecule has 0 aromatic heterocycles. The molecule has 1 aliphatic carbocycles. The van der Waals surface area contributed by atoms with Crippen molar-refractivity contribution < 1.29 is 4.74 Å². The van der Waals surface area contributed by atoms with E-state index in [4.69, 9.17) is 4.74 Å². The lowest BCUT2D eigenvalue weighted by atomic mass is 9.78. The van der Waals surface area contributed by atoms with Gasteiger partial charge in [-0.3, -0.25) is 0 Å². The third kappa shape index (κ3) is 9.58. The van der Waals surface area contributed by atoms with Crippen molar-refractivity contribution >= 4 is 0 Å². The maximum Gasteiger partial charge on any atom is 0.119 e. The molecule has 0 heterocycles. The van der Waals surface area contributed by atoms with Crippen molar-refractivity contribution in [3.8, 4) is 17.6 Å². The lowest BCUT2D eigenvalue weighted by molar-refractivity contribution is 0.305. The third-order valence-corrected chi connectivity index (χ3v) is 7.29. The van der Waals surface area contributed by atoms with Crippen LogP contribution in [0.25, 0.3) is 0 Å². The number of benzene rings is 2. The molecule has 2 aromatic carbocycles. The molecule has 0 N–H and O–H groups in total. The maximum absolute atomic E-state index is 5.85. The summed E-state index contributed by atoms with van der Waals surface area (Å²) in [6.07, 6.45) is 18.0. The molecule has 0 aliphatic heterocycles. The molecule has 1 aliphatic rings. The van der Waals surface area contributed by atoms with E-state index in [0.717, 1.165) is 24.3 Å². The van der Waals surface area contributed by atoms with Gasteiger partial charge < -0.3 is 4.74 Å². The molecule has 184 valence electrons. The Labute approximate surface area is 209 Å². The molecule has 1 saturated carbocycles. The van der Waals surface area contributed by atoms with Crippen LogP contribution in [0.3, 0.4) is 0 Å². The molecule has 34 heavy (non-hydrogen) atoms. The Balaban J connectivity index is 1.37. The Morgan fingerprint density at radius 2 is 1.35 bits per heavy atom. The average Bonchev–Trinajstić information content (AvgIpc) is 2.89. The summed E-state index contributed by atoms with van der Waals surface area (Å²) in [4.78, 5) is 0. The quantitative estimate of drug-likeness (QED) is 0.214. The largest absolute Gasteiger partial charge is 0.494 e.